The van der Waals surface area contributed by atoms with Crippen molar-refractivity contribution >= 4 is 32.9 Å². The predicted molar refractivity (Wildman–Crippen MR) is 104 cm³/mol. The van der Waals surface area contributed by atoms with Gasteiger partial charge in [-0.3, -0.25) is 9.36 Å². The Balaban J connectivity index is 1.54. The summed E-state index contributed by atoms with van der Waals surface area (Å²) >= 11 is 3.31. The summed E-state index contributed by atoms with van der Waals surface area (Å²) in [4.78, 5) is 15.4. The second kappa shape index (κ2) is 8.56. The fraction of sp³-hybridized carbons (Fsp3) is 0.579. The number of carbonyl (C=O) groups is 1. The largest absolute Gasteiger partial charge is 0.461 e. The second-order valence-corrected chi connectivity index (χ2v) is 8.08. The fourth-order valence-electron chi connectivity index (χ4n) is 3.43. The highest BCUT2D eigenvalue weighted by Crippen LogP contribution is 2.29. The molecule has 1 heterocycles. The summed E-state index contributed by atoms with van der Waals surface area (Å²) in [6, 6.07) is 3.68. The lowest BCUT2D eigenvalue weighted by atomic mass is 9.95. The number of carbonyl (C=O) groups excluding carboxylic acids is 1. The van der Waals surface area contributed by atoms with Gasteiger partial charge in [0.05, 0.1) is 18.2 Å². The summed E-state index contributed by atoms with van der Waals surface area (Å²) in [5, 5.41) is 2.82. The minimum Gasteiger partial charge on any atom is -0.461 e. The van der Waals surface area contributed by atoms with Gasteiger partial charge in [-0.15, -0.1) is 0 Å². The van der Waals surface area contributed by atoms with Crippen LogP contribution in [0, 0.1) is 5.82 Å². The van der Waals surface area contributed by atoms with Crippen molar-refractivity contribution in [3.63, 3.8) is 0 Å². The normalized spacial score (nSPS) is 21.2. The average molecular weight is 442 g/mol. The summed E-state index contributed by atoms with van der Waals surface area (Å²) in [6.07, 6.45) is 3.71. The smallest absolute Gasteiger partial charge is 0.297 e. The highest BCUT2D eigenvalue weighted by molar-refractivity contribution is 9.10. The summed E-state index contributed by atoms with van der Waals surface area (Å²) in [7, 11) is 1.83. The molecule has 1 aromatic heterocycles. The zero-order valence-corrected chi connectivity index (χ0v) is 17.4. The number of aryl methyl sites for hydroxylation is 1. The third-order valence-corrected chi connectivity index (χ3v) is 5.25. The van der Waals surface area contributed by atoms with Crippen LogP contribution in [0.2, 0.25) is 0 Å². The molecule has 1 aliphatic rings. The van der Waals surface area contributed by atoms with E-state index in [0.29, 0.717) is 28.1 Å². The minimum absolute atomic E-state index is 0.00527. The molecule has 1 fully saturated rings. The number of benzene rings is 1. The molecule has 0 saturated heterocycles. The van der Waals surface area contributed by atoms with Crippen molar-refractivity contribution < 1.29 is 18.7 Å². The Labute approximate surface area is 166 Å². The van der Waals surface area contributed by atoms with Gasteiger partial charge in [-0.05, 0) is 44.7 Å². The quantitative estimate of drug-likeness (QED) is 0.741. The Morgan fingerprint density at radius 1 is 1.37 bits per heavy atom. The Morgan fingerprint density at radius 2 is 2.04 bits per heavy atom. The molecular weight excluding hydrogens is 417 g/mol. The molecule has 8 heteroatoms. The lowest BCUT2D eigenvalue weighted by Gasteiger charge is -2.29. The second-order valence-electron chi connectivity index (χ2n) is 7.16. The molecule has 6 nitrogen and oxygen atoms in total. The van der Waals surface area contributed by atoms with E-state index in [2.05, 4.69) is 26.2 Å². The van der Waals surface area contributed by atoms with E-state index in [4.69, 9.17) is 9.47 Å². The number of imidazole rings is 1. The van der Waals surface area contributed by atoms with E-state index in [1.54, 1.807) is 4.57 Å². The van der Waals surface area contributed by atoms with Crippen LogP contribution in [0.3, 0.4) is 0 Å². The van der Waals surface area contributed by atoms with Crippen LogP contribution in [0.25, 0.3) is 11.0 Å². The molecule has 3 rings (SSSR count). The molecule has 2 aromatic rings. The maximum Gasteiger partial charge on any atom is 0.297 e. The molecule has 1 amide bonds. The molecule has 148 valence electrons. The third-order valence-electron chi connectivity index (χ3n) is 4.79. The van der Waals surface area contributed by atoms with Crippen LogP contribution in [0.15, 0.2) is 16.6 Å². The first-order chi connectivity index (χ1) is 12.8. The van der Waals surface area contributed by atoms with Crippen LogP contribution in [-0.2, 0) is 16.6 Å². The van der Waals surface area contributed by atoms with Gasteiger partial charge in [0, 0.05) is 24.5 Å². The van der Waals surface area contributed by atoms with Crippen molar-refractivity contribution in [3.05, 3.63) is 22.4 Å². The van der Waals surface area contributed by atoms with Crippen molar-refractivity contribution in [1.82, 2.24) is 14.9 Å². The topological polar surface area (TPSA) is 65.4 Å². The third kappa shape index (κ3) is 4.99. The Kier molecular flexibility index (Phi) is 6.37. The number of nitrogens with zero attached hydrogens (tertiary/aromatic N) is 2. The van der Waals surface area contributed by atoms with Crippen LogP contribution >= 0.6 is 15.9 Å². The Morgan fingerprint density at radius 3 is 2.70 bits per heavy atom. The van der Waals surface area contributed by atoms with Crippen LogP contribution < -0.4 is 10.1 Å². The van der Waals surface area contributed by atoms with Gasteiger partial charge in [0.1, 0.15) is 11.6 Å². The number of fused-ring (bicyclic) bond motifs is 1. The molecule has 1 saturated carbocycles. The van der Waals surface area contributed by atoms with E-state index in [1.165, 1.54) is 13.0 Å². The van der Waals surface area contributed by atoms with Crippen LogP contribution in [0.1, 0.15) is 39.5 Å². The molecule has 0 bridgehead atoms. The molecule has 1 aliphatic carbocycles. The summed E-state index contributed by atoms with van der Waals surface area (Å²) in [5.74, 6) is -0.413. The number of rotatable bonds is 6. The number of amides is 1. The summed E-state index contributed by atoms with van der Waals surface area (Å²) in [6.45, 7) is 3.94. The highest BCUT2D eigenvalue weighted by atomic mass is 79.9. The molecule has 1 aromatic carbocycles. The van der Waals surface area contributed by atoms with E-state index in [0.717, 1.165) is 25.7 Å². The lowest BCUT2D eigenvalue weighted by molar-refractivity contribution is -0.120. The van der Waals surface area contributed by atoms with Gasteiger partial charge in [-0.2, -0.15) is 4.98 Å². The Bertz CT molecular complexity index is 818. The number of hydrogen-bond acceptors (Lipinski definition) is 4. The molecule has 1 N–H and O–H groups in total. The van der Waals surface area contributed by atoms with E-state index < -0.39 is 0 Å². The standard InChI is InChI=1S/C19H25BrFN3O3/c1-11(22-12(2)25)10-26-14-4-6-15(7-5-14)27-19-23-18-16(21)8-13(20)9-17(18)24(19)3/h8-9,11,14-15H,4-7,10H2,1-3H3,(H,22,25)/t11-,14?,15?/m0/s1. The first-order valence-electron chi connectivity index (χ1n) is 9.20. The van der Waals surface area contributed by atoms with Crippen molar-refractivity contribution in [2.24, 2.45) is 7.05 Å². The van der Waals surface area contributed by atoms with Gasteiger partial charge < -0.3 is 14.8 Å². The van der Waals surface area contributed by atoms with E-state index in [9.17, 15) is 9.18 Å². The first kappa shape index (κ1) is 20.1. The SMILES string of the molecule is CC(=O)N[C@@H](C)COC1CCC(Oc2nc3c(F)cc(Br)cc3n2C)CC1. The zero-order valence-electron chi connectivity index (χ0n) is 15.8. The molecule has 0 radical (unpaired) electrons. The van der Waals surface area contributed by atoms with Gasteiger partial charge in [-0.1, -0.05) is 15.9 Å². The number of hydrogen-bond donors (Lipinski definition) is 1. The molecule has 0 unspecified atom stereocenters. The van der Waals surface area contributed by atoms with Crippen molar-refractivity contribution in [1.29, 1.82) is 0 Å². The number of nitrogens with one attached hydrogen (secondary N) is 1. The van der Waals surface area contributed by atoms with E-state index in [-0.39, 0.29) is 30.0 Å². The maximum atomic E-state index is 14.1. The van der Waals surface area contributed by atoms with Gasteiger partial charge in [0.2, 0.25) is 5.91 Å². The summed E-state index contributed by atoms with van der Waals surface area (Å²) < 4.78 is 28.5. The van der Waals surface area contributed by atoms with Crippen molar-refractivity contribution in [2.45, 2.75) is 57.8 Å². The molecular formula is C19H25BrFN3O3. The first-order valence-corrected chi connectivity index (χ1v) is 9.99. The highest BCUT2D eigenvalue weighted by Gasteiger charge is 2.25. The van der Waals surface area contributed by atoms with Crippen molar-refractivity contribution in [2.75, 3.05) is 6.61 Å². The maximum absolute atomic E-state index is 14.1. The van der Waals surface area contributed by atoms with Crippen LogP contribution in [0.4, 0.5) is 4.39 Å². The monoisotopic (exact) mass is 441 g/mol. The molecule has 1 atom stereocenters. The average Bonchev–Trinajstić information content (AvgIpc) is 2.90. The van der Waals surface area contributed by atoms with Gasteiger partial charge >= 0.3 is 0 Å². The minimum atomic E-state index is -0.366. The summed E-state index contributed by atoms with van der Waals surface area (Å²) in [5.41, 5.74) is 1.01. The fourth-order valence-corrected chi connectivity index (χ4v) is 3.85. The van der Waals surface area contributed by atoms with Crippen LogP contribution in [0.5, 0.6) is 6.01 Å². The van der Waals surface area contributed by atoms with Gasteiger partial charge in [0.15, 0.2) is 5.82 Å². The van der Waals surface area contributed by atoms with Gasteiger partial charge in [0.25, 0.3) is 6.01 Å². The molecule has 0 aliphatic heterocycles. The van der Waals surface area contributed by atoms with Crippen molar-refractivity contribution in [3.8, 4) is 6.01 Å². The van der Waals surface area contributed by atoms with Gasteiger partial charge in [-0.25, -0.2) is 4.39 Å². The lowest BCUT2D eigenvalue weighted by Crippen LogP contribution is -2.37. The van der Waals surface area contributed by atoms with Crippen LogP contribution in [-0.4, -0.2) is 40.3 Å². The Hall–Kier alpha value is -1.67. The molecule has 27 heavy (non-hydrogen) atoms. The number of aromatic nitrogens is 2. The number of ether oxygens (including phenoxy) is 2. The zero-order chi connectivity index (χ0) is 19.6. The molecule has 0 spiro atoms. The predicted octanol–water partition coefficient (Wildman–Crippen LogP) is 3.71. The van der Waals surface area contributed by atoms with E-state index >= 15 is 0 Å². The number of halogens is 2. The van der Waals surface area contributed by atoms with E-state index in [1.807, 2.05) is 20.0 Å².